The van der Waals surface area contributed by atoms with Gasteiger partial charge in [-0.2, -0.15) is 0 Å². The summed E-state index contributed by atoms with van der Waals surface area (Å²) in [6, 6.07) is 2.69. The number of piperazine rings is 1. The first-order valence-corrected chi connectivity index (χ1v) is 6.06. The minimum Gasteiger partial charge on any atom is -0.478 e. The third-order valence-corrected chi connectivity index (χ3v) is 3.35. The largest absolute Gasteiger partial charge is 0.478 e. The van der Waals surface area contributed by atoms with E-state index >= 15 is 0 Å². The Kier molecular flexibility index (Phi) is 3.87. The van der Waals surface area contributed by atoms with Crippen LogP contribution in [0.3, 0.4) is 0 Å². The molecule has 1 heterocycles. The van der Waals surface area contributed by atoms with Gasteiger partial charge in [-0.25, -0.2) is 4.79 Å². The van der Waals surface area contributed by atoms with Crippen LogP contribution in [-0.2, 0) is 0 Å². The Morgan fingerprint density at radius 2 is 2.05 bits per heavy atom. The summed E-state index contributed by atoms with van der Waals surface area (Å²) in [6.45, 7) is 2.73. The minimum absolute atomic E-state index is 0.210. The molecule has 2 rings (SSSR count). The van der Waals surface area contributed by atoms with Crippen molar-refractivity contribution in [2.24, 2.45) is 0 Å². The zero-order valence-corrected chi connectivity index (χ0v) is 10.7. The normalized spacial score (nSPS) is 15.3. The van der Waals surface area contributed by atoms with Crippen LogP contribution in [0, 0.1) is 10.1 Å². The predicted molar refractivity (Wildman–Crippen MR) is 70.1 cm³/mol. The van der Waals surface area contributed by atoms with Crippen LogP contribution in [0.1, 0.15) is 10.4 Å². The molecule has 0 atom stereocenters. The number of nitro groups is 1. The summed E-state index contributed by atoms with van der Waals surface area (Å²) in [5.74, 6) is -1.26. The fourth-order valence-electron chi connectivity index (χ4n) is 2.07. The quantitative estimate of drug-likeness (QED) is 0.643. The fourth-order valence-corrected chi connectivity index (χ4v) is 2.38. The number of nitrogens with one attached hydrogen (secondary N) is 1. The van der Waals surface area contributed by atoms with Gasteiger partial charge in [0.2, 0.25) is 0 Å². The Morgan fingerprint density at radius 3 is 2.58 bits per heavy atom. The van der Waals surface area contributed by atoms with Crippen molar-refractivity contribution in [1.82, 2.24) is 5.32 Å². The number of anilines is 1. The molecule has 1 fully saturated rings. The summed E-state index contributed by atoms with van der Waals surface area (Å²) in [6.07, 6.45) is 0. The molecule has 8 heteroatoms. The standard InChI is InChI=1S/C11H12ClN3O4/c12-10-8(15(18)19)2-1-7(9(10)11(16)17)14-5-3-13-4-6-14/h1-2,13H,3-6H2,(H,16,17). The van der Waals surface area contributed by atoms with Gasteiger partial charge in [0.15, 0.2) is 0 Å². The number of aromatic carboxylic acids is 1. The molecule has 102 valence electrons. The number of nitro benzene ring substituents is 1. The van der Waals surface area contributed by atoms with Crippen LogP contribution in [0.5, 0.6) is 0 Å². The maximum Gasteiger partial charge on any atom is 0.339 e. The number of benzene rings is 1. The van der Waals surface area contributed by atoms with Crippen molar-refractivity contribution in [3.63, 3.8) is 0 Å². The summed E-state index contributed by atoms with van der Waals surface area (Å²) >= 11 is 5.86. The summed E-state index contributed by atoms with van der Waals surface area (Å²) < 4.78 is 0. The predicted octanol–water partition coefficient (Wildman–Crippen LogP) is 1.36. The van der Waals surface area contributed by atoms with Gasteiger partial charge in [-0.05, 0) is 6.07 Å². The van der Waals surface area contributed by atoms with E-state index < -0.39 is 16.6 Å². The average Bonchev–Trinajstić information content (AvgIpc) is 2.38. The van der Waals surface area contributed by atoms with E-state index in [4.69, 9.17) is 11.6 Å². The van der Waals surface area contributed by atoms with Crippen molar-refractivity contribution >= 4 is 28.9 Å². The fraction of sp³-hybridized carbons (Fsp3) is 0.364. The van der Waals surface area contributed by atoms with Gasteiger partial charge in [-0.1, -0.05) is 11.6 Å². The first kappa shape index (κ1) is 13.6. The molecule has 19 heavy (non-hydrogen) atoms. The molecule has 1 aromatic carbocycles. The molecule has 0 saturated carbocycles. The van der Waals surface area contributed by atoms with Crippen LogP contribution in [0.4, 0.5) is 11.4 Å². The molecule has 1 aliphatic rings. The first-order chi connectivity index (χ1) is 9.02. The van der Waals surface area contributed by atoms with Crippen molar-refractivity contribution < 1.29 is 14.8 Å². The summed E-state index contributed by atoms with van der Waals surface area (Å²) in [5, 5.41) is 22.8. The van der Waals surface area contributed by atoms with Gasteiger partial charge in [0, 0.05) is 32.2 Å². The lowest BCUT2D eigenvalue weighted by Crippen LogP contribution is -2.44. The van der Waals surface area contributed by atoms with Gasteiger partial charge in [-0.3, -0.25) is 10.1 Å². The van der Waals surface area contributed by atoms with E-state index in [-0.39, 0.29) is 10.6 Å². The highest BCUT2D eigenvalue weighted by atomic mass is 35.5. The molecule has 0 radical (unpaired) electrons. The summed E-state index contributed by atoms with van der Waals surface area (Å²) in [5.41, 5.74) is -0.180. The molecule has 0 spiro atoms. The topological polar surface area (TPSA) is 95.7 Å². The lowest BCUT2D eigenvalue weighted by molar-refractivity contribution is -0.384. The highest BCUT2D eigenvalue weighted by molar-refractivity contribution is 6.36. The number of halogens is 1. The number of rotatable bonds is 3. The maximum atomic E-state index is 11.3. The molecule has 1 saturated heterocycles. The highest BCUT2D eigenvalue weighted by Crippen LogP contribution is 2.35. The molecular weight excluding hydrogens is 274 g/mol. The molecule has 2 N–H and O–H groups in total. The second-order valence-corrected chi connectivity index (χ2v) is 4.47. The van der Waals surface area contributed by atoms with Crippen LogP contribution < -0.4 is 10.2 Å². The Labute approximate surface area is 113 Å². The third kappa shape index (κ3) is 2.61. The molecular formula is C11H12ClN3O4. The van der Waals surface area contributed by atoms with Gasteiger partial charge >= 0.3 is 5.97 Å². The number of carboxylic acid groups (broad SMARTS) is 1. The lowest BCUT2D eigenvalue weighted by atomic mass is 10.1. The van der Waals surface area contributed by atoms with Crippen molar-refractivity contribution in [2.45, 2.75) is 0 Å². The van der Waals surface area contributed by atoms with Crippen LogP contribution in [0.2, 0.25) is 5.02 Å². The average molecular weight is 286 g/mol. The van der Waals surface area contributed by atoms with Crippen molar-refractivity contribution in [2.75, 3.05) is 31.1 Å². The number of carbonyl (C=O) groups is 1. The van der Waals surface area contributed by atoms with Gasteiger partial charge in [0.1, 0.15) is 10.6 Å². The Hall–Kier alpha value is -1.86. The van der Waals surface area contributed by atoms with Crippen LogP contribution in [0.15, 0.2) is 12.1 Å². The summed E-state index contributed by atoms with van der Waals surface area (Å²) in [7, 11) is 0. The molecule has 0 aromatic heterocycles. The number of hydrogen-bond acceptors (Lipinski definition) is 5. The SMILES string of the molecule is O=C(O)c1c(N2CCNCC2)ccc([N+](=O)[O-])c1Cl. The summed E-state index contributed by atoms with van der Waals surface area (Å²) in [4.78, 5) is 23.3. The smallest absolute Gasteiger partial charge is 0.339 e. The van der Waals surface area contributed by atoms with E-state index in [1.807, 2.05) is 4.90 Å². The van der Waals surface area contributed by atoms with Gasteiger partial charge in [0.05, 0.1) is 10.6 Å². The Balaban J connectivity index is 2.51. The number of nitrogens with zero attached hydrogens (tertiary/aromatic N) is 2. The van der Waals surface area contributed by atoms with Gasteiger partial charge in [-0.15, -0.1) is 0 Å². The van der Waals surface area contributed by atoms with E-state index in [2.05, 4.69) is 5.32 Å². The molecule has 0 amide bonds. The number of carboxylic acids is 1. The van der Waals surface area contributed by atoms with Crippen molar-refractivity contribution in [1.29, 1.82) is 0 Å². The zero-order valence-electron chi connectivity index (χ0n) is 9.93. The van der Waals surface area contributed by atoms with Crippen molar-refractivity contribution in [3.05, 3.63) is 32.8 Å². The Bertz CT molecular complexity index is 529. The van der Waals surface area contributed by atoms with E-state index in [1.165, 1.54) is 12.1 Å². The van der Waals surface area contributed by atoms with E-state index in [9.17, 15) is 20.0 Å². The Morgan fingerprint density at radius 1 is 1.42 bits per heavy atom. The van der Waals surface area contributed by atoms with Crippen molar-refractivity contribution in [3.8, 4) is 0 Å². The molecule has 1 aliphatic heterocycles. The van der Waals surface area contributed by atoms with Gasteiger partial charge < -0.3 is 15.3 Å². The number of hydrogen-bond donors (Lipinski definition) is 2. The van der Waals surface area contributed by atoms with Crippen LogP contribution in [0.25, 0.3) is 0 Å². The molecule has 1 aromatic rings. The van der Waals surface area contributed by atoms with E-state index in [0.29, 0.717) is 18.8 Å². The first-order valence-electron chi connectivity index (χ1n) is 5.68. The molecule has 0 aliphatic carbocycles. The lowest BCUT2D eigenvalue weighted by Gasteiger charge is -2.30. The second-order valence-electron chi connectivity index (χ2n) is 4.09. The maximum absolute atomic E-state index is 11.3. The van der Waals surface area contributed by atoms with Crippen LogP contribution in [-0.4, -0.2) is 42.2 Å². The van der Waals surface area contributed by atoms with Gasteiger partial charge in [0.25, 0.3) is 5.69 Å². The van der Waals surface area contributed by atoms with E-state index in [1.54, 1.807) is 0 Å². The minimum atomic E-state index is -1.26. The molecule has 0 unspecified atom stereocenters. The van der Waals surface area contributed by atoms with E-state index in [0.717, 1.165) is 13.1 Å². The monoisotopic (exact) mass is 285 g/mol. The van der Waals surface area contributed by atoms with Crippen LogP contribution >= 0.6 is 11.6 Å². The second kappa shape index (κ2) is 5.41. The zero-order chi connectivity index (χ0) is 14.0. The molecule has 0 bridgehead atoms. The third-order valence-electron chi connectivity index (χ3n) is 2.97. The molecule has 7 nitrogen and oxygen atoms in total. The highest BCUT2D eigenvalue weighted by Gasteiger charge is 2.26.